The van der Waals surface area contributed by atoms with Crippen molar-refractivity contribution in [1.82, 2.24) is 9.80 Å². The van der Waals surface area contributed by atoms with Crippen LogP contribution in [-0.2, 0) is 51.9 Å². The average molecular weight is 1310 g/mol. The second-order valence-electron chi connectivity index (χ2n) is 27.1. The van der Waals surface area contributed by atoms with Gasteiger partial charge in [-0.3, -0.25) is 0 Å². The molecule has 6 aliphatic rings. The highest BCUT2D eigenvalue weighted by Gasteiger charge is 2.34. The van der Waals surface area contributed by atoms with Crippen LogP contribution in [0.4, 0.5) is 0 Å². The van der Waals surface area contributed by atoms with E-state index in [1.807, 2.05) is 24.3 Å². The predicted molar refractivity (Wildman–Crippen MR) is 396 cm³/mol. The number of pyridine rings is 2. The zero-order valence-electron chi connectivity index (χ0n) is 60.7. The van der Waals surface area contributed by atoms with Crippen LogP contribution in [-0.4, -0.2) is 79.8 Å². The van der Waals surface area contributed by atoms with Gasteiger partial charge in [0.25, 0.3) is 0 Å². The third-order valence-electron chi connectivity index (χ3n) is 21.6. The van der Waals surface area contributed by atoms with Crippen LogP contribution in [0.1, 0.15) is 113 Å². The van der Waals surface area contributed by atoms with E-state index in [2.05, 4.69) is 186 Å². The molecule has 0 atom stereocenters. The number of benzene rings is 8. The number of aromatic nitrogens is 2. The Kier molecular flexibility index (Phi) is 18.5. The van der Waals surface area contributed by atoms with Crippen LogP contribution < -0.4 is 47.0 Å². The molecule has 8 heterocycles. The van der Waals surface area contributed by atoms with Crippen molar-refractivity contribution in [3.63, 3.8) is 0 Å². The number of hydrogen-bond acceptors (Lipinski definition) is 10. The first-order valence-electron chi connectivity index (χ1n) is 34.3. The smallest absolute Gasteiger partial charge is 0.216 e. The van der Waals surface area contributed by atoms with Gasteiger partial charge in [0.2, 0.25) is 11.4 Å². The predicted octanol–water partition coefficient (Wildman–Crippen LogP) is 17.0. The highest BCUT2D eigenvalue weighted by atomic mass is 16.5. The molecule has 0 fully saturated rings. The van der Waals surface area contributed by atoms with Crippen molar-refractivity contribution in [2.24, 2.45) is 0 Å². The van der Waals surface area contributed by atoms with E-state index >= 15 is 0 Å². The van der Waals surface area contributed by atoms with Crippen LogP contribution in [0, 0.1) is 62.3 Å². The molecule has 10 aromatic rings. The number of fused-ring (bicyclic) bond motifs is 16. The van der Waals surface area contributed by atoms with Gasteiger partial charge in [0.15, 0.2) is 71.5 Å². The molecular weight excluding hydrogens is 1220 g/mol. The lowest BCUT2D eigenvalue weighted by atomic mass is 9.84. The Bertz CT molecular complexity index is 4940. The van der Waals surface area contributed by atoms with Gasteiger partial charge in [-0.25, -0.2) is 0 Å². The third kappa shape index (κ3) is 11.8. The number of hydrogen-bond donors (Lipinski definition) is 0. The zero-order valence-corrected chi connectivity index (χ0v) is 60.7. The molecule has 2 aromatic heterocycles. The lowest BCUT2D eigenvalue weighted by Gasteiger charge is -2.39. The highest BCUT2D eigenvalue weighted by molar-refractivity contribution is 5.96. The zero-order chi connectivity index (χ0) is 69.1. The number of methoxy groups -OCH3 is 8. The van der Waals surface area contributed by atoms with E-state index in [0.717, 1.165) is 122 Å². The van der Waals surface area contributed by atoms with Crippen molar-refractivity contribution < 1.29 is 47.0 Å². The molecule has 0 unspecified atom stereocenters. The maximum atomic E-state index is 5.69. The van der Waals surface area contributed by atoms with E-state index in [4.69, 9.17) is 37.9 Å². The summed E-state index contributed by atoms with van der Waals surface area (Å²) in [4.78, 5) is 4.96. The average Bonchev–Trinajstić information content (AvgIpc) is 0.765. The van der Waals surface area contributed by atoms with Gasteiger partial charge < -0.3 is 47.7 Å². The molecule has 0 saturated heterocycles. The Balaban J connectivity index is 0.000000118. The summed E-state index contributed by atoms with van der Waals surface area (Å²) in [6, 6.07) is 37.6. The molecule has 0 bridgehead atoms. The van der Waals surface area contributed by atoms with Crippen molar-refractivity contribution >= 4 is 44.6 Å². The number of aryl methyl sites for hydroxylation is 13. The first-order chi connectivity index (χ1) is 47.3. The molecular formula is C86H94N4O8+2. The minimum Gasteiger partial charge on any atom is -0.493 e. The summed E-state index contributed by atoms with van der Waals surface area (Å²) >= 11 is 0. The minimum atomic E-state index is 0.772. The maximum absolute atomic E-state index is 5.69. The second kappa shape index (κ2) is 27.2. The molecule has 0 amide bonds. The van der Waals surface area contributed by atoms with Crippen LogP contribution in [0.5, 0.6) is 46.0 Å². The fourth-order valence-corrected chi connectivity index (χ4v) is 15.8. The number of rotatable bonds is 8. The van der Waals surface area contributed by atoms with Crippen LogP contribution in [0.25, 0.3) is 67.1 Å². The molecule has 0 saturated carbocycles. The van der Waals surface area contributed by atoms with Gasteiger partial charge in [0.05, 0.1) is 73.2 Å². The summed E-state index contributed by atoms with van der Waals surface area (Å²) in [6.07, 6.45) is 11.0. The van der Waals surface area contributed by atoms with E-state index in [-0.39, 0.29) is 0 Å². The van der Waals surface area contributed by atoms with Gasteiger partial charge in [0.1, 0.15) is 0 Å². The van der Waals surface area contributed by atoms with Gasteiger partial charge in [0, 0.05) is 95.2 Å². The van der Waals surface area contributed by atoms with Crippen molar-refractivity contribution in [3.8, 4) is 68.5 Å². The molecule has 12 heteroatoms. The van der Waals surface area contributed by atoms with Crippen molar-refractivity contribution in [2.45, 2.75) is 121 Å². The Labute approximate surface area is 579 Å². The van der Waals surface area contributed by atoms with Crippen molar-refractivity contribution in [2.75, 3.05) is 70.0 Å². The fraction of sp³-hybridized carbons (Fsp3) is 0.326. The summed E-state index contributed by atoms with van der Waals surface area (Å²) in [5, 5.41) is 4.59. The Morgan fingerprint density at radius 3 is 1.41 bits per heavy atom. The molecule has 16 rings (SSSR count). The van der Waals surface area contributed by atoms with Crippen LogP contribution >= 0.6 is 0 Å². The lowest BCUT2D eigenvalue weighted by molar-refractivity contribution is -0.686. The number of allylic oxidation sites excluding steroid dienone is 1. The molecule has 12 nitrogen and oxygen atoms in total. The highest BCUT2D eigenvalue weighted by Crippen LogP contribution is 2.48. The summed E-state index contributed by atoms with van der Waals surface area (Å²) in [7, 11) is 13.6. The summed E-state index contributed by atoms with van der Waals surface area (Å²) in [5.41, 5.74) is 35.1. The molecule has 0 N–H and O–H groups in total. The molecule has 504 valence electrons. The molecule has 6 aliphatic heterocycles. The summed E-state index contributed by atoms with van der Waals surface area (Å²) < 4.78 is 49.2. The first-order valence-corrected chi connectivity index (χ1v) is 34.3. The monoisotopic (exact) mass is 1310 g/mol. The molecule has 8 aromatic carbocycles. The van der Waals surface area contributed by atoms with Crippen LogP contribution in [0.15, 0.2) is 116 Å². The maximum Gasteiger partial charge on any atom is 0.216 e. The number of ether oxygens (including phenoxy) is 8. The lowest BCUT2D eigenvalue weighted by Crippen LogP contribution is -2.41. The van der Waals surface area contributed by atoms with E-state index in [1.165, 1.54) is 156 Å². The largest absolute Gasteiger partial charge is 0.493 e. The summed E-state index contributed by atoms with van der Waals surface area (Å²) in [6.45, 7) is 27.8. The van der Waals surface area contributed by atoms with Gasteiger partial charge in [-0.05, 0) is 238 Å². The van der Waals surface area contributed by atoms with Crippen molar-refractivity contribution in [3.05, 3.63) is 221 Å². The van der Waals surface area contributed by atoms with Gasteiger partial charge in [-0.15, -0.1) is 0 Å². The quantitative estimate of drug-likeness (QED) is 0.137. The van der Waals surface area contributed by atoms with E-state index < -0.39 is 0 Å². The SMILES string of the molecule is COc1ccc2c(C)c3[n+](cc2c1OC)CCc1cc(C)c(C)cc1-3.COc1ccc2c(c1OC)CN1CCc3cc(C)c(C)cc3C1=C2.COc1ccc2c(c1OC)CN1CCc3cc(C)c(C)cc3C1=C2C.COc1ccc2cc3[n+](cc2c1OC)CCc1cc(C)c(C)cc1-3. The van der Waals surface area contributed by atoms with Gasteiger partial charge >= 0.3 is 0 Å². The standard InChI is InChI=1S/C22H25NO2.C22H24NO2.C21H23NO2.C21H22NO2/c2*1-13-10-16-8-9-23-12-19-17(6-7-20(24-4)22(19)25-5)15(3)21(23)18(16)11-14(13)2;2*1-13-9-16-7-8-22-12-18-15(5-6-20(23-3)21(18)24-4)11-19(22)17(16)10-14(13)2/h6-7,10-11H,8-9,12H2,1-5H3;6-7,10-12H,8-9H2,1-5H3;5-6,9-11H,7-8,12H2,1-4H3;5-6,9-12H,7-8H2,1-4H3/q;+1;;+1. The Morgan fingerprint density at radius 2 is 0.806 bits per heavy atom. The molecule has 0 aliphatic carbocycles. The van der Waals surface area contributed by atoms with Crippen LogP contribution in [0.3, 0.4) is 0 Å². The molecule has 98 heavy (non-hydrogen) atoms. The van der Waals surface area contributed by atoms with E-state index in [9.17, 15) is 0 Å². The summed E-state index contributed by atoms with van der Waals surface area (Å²) in [5.74, 6) is 6.49. The number of nitrogens with zero attached hydrogens (tertiary/aromatic N) is 4. The minimum absolute atomic E-state index is 0.772. The Hall–Kier alpha value is -9.94. The van der Waals surface area contributed by atoms with E-state index in [1.54, 1.807) is 56.9 Å². The Morgan fingerprint density at radius 1 is 0.357 bits per heavy atom. The first kappa shape index (κ1) is 66.7. The van der Waals surface area contributed by atoms with Gasteiger partial charge in [-0.2, -0.15) is 9.13 Å². The second-order valence-corrected chi connectivity index (χ2v) is 27.1. The van der Waals surface area contributed by atoms with Crippen molar-refractivity contribution in [1.29, 1.82) is 0 Å². The van der Waals surface area contributed by atoms with Crippen LogP contribution in [0.2, 0.25) is 0 Å². The molecule has 0 radical (unpaired) electrons. The topological polar surface area (TPSA) is 88.1 Å². The normalized spacial score (nSPS) is 14.0. The molecule has 0 spiro atoms. The fourth-order valence-electron chi connectivity index (χ4n) is 15.8. The van der Waals surface area contributed by atoms with Gasteiger partial charge in [-0.1, -0.05) is 36.4 Å². The van der Waals surface area contributed by atoms with E-state index in [0.29, 0.717) is 0 Å². The third-order valence-corrected chi connectivity index (χ3v) is 21.6.